The van der Waals surface area contributed by atoms with Crippen molar-refractivity contribution in [2.45, 2.75) is 6.92 Å². The minimum Gasteiger partial charge on any atom is -0.322 e. The second kappa shape index (κ2) is 6.96. The van der Waals surface area contributed by atoms with Crippen LogP contribution in [0.5, 0.6) is 0 Å². The number of hydrogen-bond donors (Lipinski definition) is 1. The van der Waals surface area contributed by atoms with Crippen LogP contribution in [0.3, 0.4) is 0 Å². The lowest BCUT2D eigenvalue weighted by Crippen LogP contribution is -2.15. The molecule has 3 aromatic carbocycles. The molecule has 0 aliphatic carbocycles. The molecule has 0 saturated heterocycles. The van der Waals surface area contributed by atoms with Gasteiger partial charge in [-0.2, -0.15) is 0 Å². The van der Waals surface area contributed by atoms with E-state index in [4.69, 9.17) is 0 Å². The Kier molecular flexibility index (Phi) is 4.34. The van der Waals surface area contributed by atoms with E-state index in [2.05, 4.69) is 15.5 Å². The Labute approximate surface area is 155 Å². The molecule has 0 spiro atoms. The fourth-order valence-electron chi connectivity index (χ4n) is 2.95. The standard InChI is InChI=1S/C22H16FN3O/c1-14-11-12-16(13-18(14)23)24-22(27)20-17-9-5-6-10-19(17)25-26-21(20)15-7-3-2-4-8-15/h2-13H,1H3,(H,24,27). The number of halogens is 1. The molecule has 1 amide bonds. The van der Waals surface area contributed by atoms with E-state index in [1.165, 1.54) is 6.07 Å². The number of anilines is 1. The number of aromatic nitrogens is 2. The van der Waals surface area contributed by atoms with Gasteiger partial charge in [0, 0.05) is 16.6 Å². The minimum atomic E-state index is -0.367. The third-order valence-electron chi connectivity index (χ3n) is 4.37. The molecule has 4 nitrogen and oxygen atoms in total. The number of amides is 1. The number of aryl methyl sites for hydroxylation is 1. The maximum Gasteiger partial charge on any atom is 0.258 e. The topological polar surface area (TPSA) is 54.9 Å². The Morgan fingerprint density at radius 2 is 1.67 bits per heavy atom. The molecule has 5 heteroatoms. The average Bonchev–Trinajstić information content (AvgIpc) is 2.70. The van der Waals surface area contributed by atoms with Crippen LogP contribution in [0.2, 0.25) is 0 Å². The van der Waals surface area contributed by atoms with E-state index in [0.29, 0.717) is 33.4 Å². The zero-order valence-corrected chi connectivity index (χ0v) is 14.6. The Morgan fingerprint density at radius 1 is 0.926 bits per heavy atom. The minimum absolute atomic E-state index is 0.358. The van der Waals surface area contributed by atoms with Gasteiger partial charge in [-0.3, -0.25) is 4.79 Å². The molecular formula is C22H16FN3O. The molecule has 0 radical (unpaired) electrons. The number of fused-ring (bicyclic) bond motifs is 1. The Bertz CT molecular complexity index is 1140. The Morgan fingerprint density at radius 3 is 2.44 bits per heavy atom. The van der Waals surface area contributed by atoms with Gasteiger partial charge in [0.2, 0.25) is 0 Å². The van der Waals surface area contributed by atoms with Crippen molar-refractivity contribution in [2.24, 2.45) is 0 Å². The van der Waals surface area contributed by atoms with Gasteiger partial charge in [0.1, 0.15) is 11.5 Å². The van der Waals surface area contributed by atoms with Crippen molar-refractivity contribution < 1.29 is 9.18 Å². The van der Waals surface area contributed by atoms with Crippen LogP contribution in [0.4, 0.5) is 10.1 Å². The normalized spacial score (nSPS) is 10.7. The van der Waals surface area contributed by atoms with Gasteiger partial charge in [0.05, 0.1) is 11.1 Å². The lowest BCUT2D eigenvalue weighted by atomic mass is 10.0. The second-order valence-electron chi connectivity index (χ2n) is 6.22. The number of nitrogens with one attached hydrogen (secondary N) is 1. The summed E-state index contributed by atoms with van der Waals surface area (Å²) in [5.74, 6) is -0.725. The van der Waals surface area contributed by atoms with Crippen molar-refractivity contribution >= 4 is 22.5 Å². The molecule has 0 unspecified atom stereocenters. The highest BCUT2D eigenvalue weighted by molar-refractivity contribution is 6.15. The lowest BCUT2D eigenvalue weighted by molar-refractivity contribution is 0.102. The summed E-state index contributed by atoms with van der Waals surface area (Å²) in [5.41, 5.74) is 3.22. The molecule has 0 saturated carbocycles. The molecule has 0 aliphatic rings. The third kappa shape index (κ3) is 3.27. The Hall–Kier alpha value is -3.60. The highest BCUT2D eigenvalue weighted by Crippen LogP contribution is 2.28. The number of benzene rings is 3. The first kappa shape index (κ1) is 16.8. The zero-order valence-electron chi connectivity index (χ0n) is 14.6. The Balaban J connectivity index is 1.85. The molecule has 0 bridgehead atoms. The number of rotatable bonds is 3. The van der Waals surface area contributed by atoms with Crippen LogP contribution in [0.15, 0.2) is 72.8 Å². The highest BCUT2D eigenvalue weighted by atomic mass is 19.1. The van der Waals surface area contributed by atoms with Gasteiger partial charge < -0.3 is 5.32 Å². The largest absolute Gasteiger partial charge is 0.322 e. The highest BCUT2D eigenvalue weighted by Gasteiger charge is 2.19. The number of hydrogen-bond acceptors (Lipinski definition) is 3. The maximum atomic E-state index is 13.9. The van der Waals surface area contributed by atoms with Gasteiger partial charge in [0.15, 0.2) is 0 Å². The summed E-state index contributed by atoms with van der Waals surface area (Å²) in [5, 5.41) is 12.0. The summed E-state index contributed by atoms with van der Waals surface area (Å²) < 4.78 is 13.9. The van der Waals surface area contributed by atoms with E-state index >= 15 is 0 Å². The van der Waals surface area contributed by atoms with Crippen LogP contribution in [-0.4, -0.2) is 16.1 Å². The quantitative estimate of drug-likeness (QED) is 0.561. The maximum absolute atomic E-state index is 13.9. The first-order valence-electron chi connectivity index (χ1n) is 8.52. The molecule has 0 fully saturated rings. The first-order chi connectivity index (χ1) is 13.1. The summed E-state index contributed by atoms with van der Waals surface area (Å²) in [4.78, 5) is 13.1. The smallest absolute Gasteiger partial charge is 0.258 e. The van der Waals surface area contributed by atoms with Crippen LogP contribution in [0, 0.1) is 12.7 Å². The monoisotopic (exact) mass is 357 g/mol. The summed E-state index contributed by atoms with van der Waals surface area (Å²) in [7, 11) is 0. The van der Waals surface area contributed by atoms with E-state index in [0.717, 1.165) is 5.56 Å². The molecule has 4 rings (SSSR count). The van der Waals surface area contributed by atoms with Crippen LogP contribution in [0.1, 0.15) is 15.9 Å². The van der Waals surface area contributed by atoms with Gasteiger partial charge in [-0.15, -0.1) is 10.2 Å². The van der Waals surface area contributed by atoms with Crippen molar-refractivity contribution in [3.63, 3.8) is 0 Å². The van der Waals surface area contributed by atoms with Gasteiger partial charge in [-0.1, -0.05) is 54.6 Å². The predicted octanol–water partition coefficient (Wildman–Crippen LogP) is 5.00. The van der Waals surface area contributed by atoms with Crippen molar-refractivity contribution in [1.29, 1.82) is 0 Å². The van der Waals surface area contributed by atoms with Gasteiger partial charge in [0.25, 0.3) is 5.91 Å². The third-order valence-corrected chi connectivity index (χ3v) is 4.37. The van der Waals surface area contributed by atoms with Crippen LogP contribution >= 0.6 is 0 Å². The molecule has 0 aliphatic heterocycles. The van der Waals surface area contributed by atoms with Crippen LogP contribution < -0.4 is 5.32 Å². The van der Waals surface area contributed by atoms with E-state index in [9.17, 15) is 9.18 Å². The molecule has 1 N–H and O–H groups in total. The van der Waals surface area contributed by atoms with Crippen LogP contribution in [-0.2, 0) is 0 Å². The van der Waals surface area contributed by atoms with E-state index in [1.807, 2.05) is 48.5 Å². The molecule has 27 heavy (non-hydrogen) atoms. The summed E-state index contributed by atoms with van der Waals surface area (Å²) in [6, 6.07) is 21.4. The zero-order chi connectivity index (χ0) is 18.8. The average molecular weight is 357 g/mol. The summed E-state index contributed by atoms with van der Waals surface area (Å²) >= 11 is 0. The van der Waals surface area contributed by atoms with Crippen molar-refractivity contribution in [3.8, 4) is 11.3 Å². The van der Waals surface area contributed by atoms with Gasteiger partial charge in [-0.25, -0.2) is 4.39 Å². The van der Waals surface area contributed by atoms with Crippen molar-refractivity contribution in [2.75, 3.05) is 5.32 Å². The summed E-state index contributed by atoms with van der Waals surface area (Å²) in [6.07, 6.45) is 0. The fraction of sp³-hybridized carbons (Fsp3) is 0.0455. The van der Waals surface area contributed by atoms with Crippen molar-refractivity contribution in [1.82, 2.24) is 10.2 Å². The fourth-order valence-corrected chi connectivity index (χ4v) is 2.95. The first-order valence-corrected chi connectivity index (χ1v) is 8.52. The molecule has 4 aromatic rings. The molecule has 0 atom stereocenters. The number of nitrogens with zero attached hydrogens (tertiary/aromatic N) is 2. The number of carbonyl (C=O) groups is 1. The lowest BCUT2D eigenvalue weighted by Gasteiger charge is -2.12. The van der Waals surface area contributed by atoms with Gasteiger partial charge in [-0.05, 0) is 30.7 Å². The molecule has 1 heterocycles. The van der Waals surface area contributed by atoms with Crippen LogP contribution in [0.25, 0.3) is 22.2 Å². The second-order valence-corrected chi connectivity index (χ2v) is 6.22. The SMILES string of the molecule is Cc1ccc(NC(=O)c2c(-c3ccccc3)nnc3ccccc23)cc1F. The van der Waals surface area contributed by atoms with Crippen molar-refractivity contribution in [3.05, 3.63) is 89.7 Å². The molecule has 132 valence electrons. The molecule has 1 aromatic heterocycles. The van der Waals surface area contributed by atoms with E-state index in [-0.39, 0.29) is 11.7 Å². The van der Waals surface area contributed by atoms with E-state index in [1.54, 1.807) is 25.1 Å². The van der Waals surface area contributed by atoms with Gasteiger partial charge >= 0.3 is 0 Å². The summed E-state index contributed by atoms with van der Waals surface area (Å²) in [6.45, 7) is 1.68. The van der Waals surface area contributed by atoms with E-state index < -0.39 is 0 Å². The molecular weight excluding hydrogens is 341 g/mol. The number of carbonyl (C=O) groups excluding carboxylic acids is 1. The predicted molar refractivity (Wildman–Crippen MR) is 104 cm³/mol.